The summed E-state index contributed by atoms with van der Waals surface area (Å²) in [5.41, 5.74) is 2.43. The molecular weight excluding hydrogens is 435 g/mol. The van der Waals surface area contributed by atoms with Gasteiger partial charge in [-0.25, -0.2) is 4.39 Å². The molecular formula is C24H30ClFN2O2S. The van der Waals surface area contributed by atoms with Crippen LogP contribution >= 0.6 is 23.4 Å². The molecule has 0 spiro atoms. The van der Waals surface area contributed by atoms with Crippen LogP contribution in [0.5, 0.6) is 0 Å². The highest BCUT2D eigenvalue weighted by molar-refractivity contribution is 7.99. The molecule has 2 aromatic carbocycles. The van der Waals surface area contributed by atoms with Crippen LogP contribution in [0.1, 0.15) is 37.5 Å². The van der Waals surface area contributed by atoms with Crippen LogP contribution in [-0.2, 0) is 21.9 Å². The zero-order valence-electron chi connectivity index (χ0n) is 18.5. The van der Waals surface area contributed by atoms with Crippen LogP contribution in [0.2, 0.25) is 5.02 Å². The lowest BCUT2D eigenvalue weighted by Gasteiger charge is -2.29. The molecule has 0 radical (unpaired) electrons. The number of carbonyl (C=O) groups is 2. The number of hydrogen-bond acceptors (Lipinski definition) is 3. The Balaban J connectivity index is 2.11. The van der Waals surface area contributed by atoms with E-state index < -0.39 is 6.04 Å². The van der Waals surface area contributed by atoms with Crippen molar-refractivity contribution in [2.45, 2.75) is 46.0 Å². The van der Waals surface area contributed by atoms with Crippen molar-refractivity contribution in [2.75, 3.05) is 12.3 Å². The summed E-state index contributed by atoms with van der Waals surface area (Å²) < 4.78 is 14.0. The highest BCUT2D eigenvalue weighted by atomic mass is 35.5. The van der Waals surface area contributed by atoms with Gasteiger partial charge in [0.25, 0.3) is 0 Å². The van der Waals surface area contributed by atoms with Crippen LogP contribution in [0.25, 0.3) is 0 Å². The van der Waals surface area contributed by atoms with Crippen LogP contribution in [0.3, 0.4) is 0 Å². The number of nitrogens with zero attached hydrogens (tertiary/aromatic N) is 1. The molecule has 0 saturated heterocycles. The summed E-state index contributed by atoms with van der Waals surface area (Å²) in [6.45, 7) is 8.65. The van der Waals surface area contributed by atoms with E-state index in [1.165, 1.54) is 17.8 Å². The number of benzene rings is 2. The monoisotopic (exact) mass is 464 g/mol. The fraction of sp³-hybridized carbons (Fsp3) is 0.417. The minimum absolute atomic E-state index is 0.123. The molecule has 0 heterocycles. The number of nitrogens with one attached hydrogen (secondary N) is 1. The summed E-state index contributed by atoms with van der Waals surface area (Å²) >= 11 is 7.37. The van der Waals surface area contributed by atoms with Crippen LogP contribution in [0, 0.1) is 18.7 Å². The molecule has 0 bridgehead atoms. The number of halogens is 2. The first-order valence-corrected chi connectivity index (χ1v) is 11.9. The van der Waals surface area contributed by atoms with E-state index in [1.807, 2.05) is 45.0 Å². The lowest BCUT2D eigenvalue weighted by molar-refractivity contribution is -0.138. The fourth-order valence-corrected chi connectivity index (χ4v) is 4.25. The van der Waals surface area contributed by atoms with Gasteiger partial charge in [0, 0.05) is 29.4 Å². The first kappa shape index (κ1) is 25.2. The van der Waals surface area contributed by atoms with Gasteiger partial charge in [-0.15, -0.1) is 11.8 Å². The SMILES string of the molecule is Cc1ccccc1CN(C(=O)CSCc1c(F)cccc1Cl)C(C)C(=O)NCC(C)C. The molecule has 4 nitrogen and oxygen atoms in total. The third-order valence-corrected chi connectivity index (χ3v) is 6.29. The maximum atomic E-state index is 14.0. The van der Waals surface area contributed by atoms with Crippen molar-refractivity contribution in [2.24, 2.45) is 5.92 Å². The van der Waals surface area contributed by atoms with Gasteiger partial charge in [0.15, 0.2) is 0 Å². The maximum Gasteiger partial charge on any atom is 0.242 e. The standard InChI is InChI=1S/C24H30ClFN2O2S/c1-16(2)12-27-24(30)18(4)28(13-19-9-6-5-8-17(19)3)23(29)15-31-14-20-21(25)10-7-11-22(20)26/h5-11,16,18H,12-15H2,1-4H3,(H,27,30). The average molecular weight is 465 g/mol. The van der Waals surface area contributed by atoms with Gasteiger partial charge >= 0.3 is 0 Å². The van der Waals surface area contributed by atoms with Crippen molar-refractivity contribution in [3.05, 3.63) is 70.0 Å². The zero-order valence-corrected chi connectivity index (χ0v) is 20.0. The molecule has 0 aromatic heterocycles. The summed E-state index contributed by atoms with van der Waals surface area (Å²) in [6.07, 6.45) is 0. The second kappa shape index (κ2) is 12.1. The van der Waals surface area contributed by atoms with Gasteiger partial charge in [0.2, 0.25) is 11.8 Å². The first-order chi connectivity index (χ1) is 14.7. The molecule has 2 amide bonds. The van der Waals surface area contributed by atoms with Crippen molar-refractivity contribution < 1.29 is 14.0 Å². The summed E-state index contributed by atoms with van der Waals surface area (Å²) in [4.78, 5) is 27.4. The number of rotatable bonds is 10. The van der Waals surface area contributed by atoms with Gasteiger partial charge in [-0.1, -0.05) is 55.8 Å². The maximum absolute atomic E-state index is 14.0. The van der Waals surface area contributed by atoms with Gasteiger partial charge in [-0.2, -0.15) is 0 Å². The molecule has 0 aliphatic heterocycles. The number of thioether (sulfide) groups is 1. The minimum Gasteiger partial charge on any atom is -0.354 e. The molecule has 0 aliphatic rings. The van der Waals surface area contributed by atoms with Crippen molar-refractivity contribution in [3.8, 4) is 0 Å². The van der Waals surface area contributed by atoms with E-state index in [2.05, 4.69) is 5.32 Å². The number of hydrogen-bond donors (Lipinski definition) is 1. The Labute approximate surface area is 193 Å². The van der Waals surface area contributed by atoms with Crippen molar-refractivity contribution in [1.29, 1.82) is 0 Å². The van der Waals surface area contributed by atoms with Gasteiger partial charge in [-0.05, 0) is 43.0 Å². The molecule has 2 aromatic rings. The van der Waals surface area contributed by atoms with Gasteiger partial charge < -0.3 is 10.2 Å². The molecule has 1 unspecified atom stereocenters. The smallest absolute Gasteiger partial charge is 0.242 e. The molecule has 1 atom stereocenters. The second-order valence-corrected chi connectivity index (χ2v) is 9.35. The van der Waals surface area contributed by atoms with Crippen LogP contribution in [0.4, 0.5) is 4.39 Å². The van der Waals surface area contributed by atoms with Gasteiger partial charge in [0.05, 0.1) is 5.75 Å². The summed E-state index contributed by atoms with van der Waals surface area (Å²) in [6, 6.07) is 11.7. The van der Waals surface area contributed by atoms with Crippen LogP contribution < -0.4 is 5.32 Å². The molecule has 0 saturated carbocycles. The Morgan fingerprint density at radius 3 is 2.48 bits per heavy atom. The lowest BCUT2D eigenvalue weighted by atomic mass is 10.1. The van der Waals surface area contributed by atoms with Crippen LogP contribution in [-0.4, -0.2) is 35.1 Å². The Bertz CT molecular complexity index is 887. The third-order valence-electron chi connectivity index (χ3n) is 4.99. The summed E-state index contributed by atoms with van der Waals surface area (Å²) in [5.74, 6) is -0.0177. The van der Waals surface area contributed by atoms with Gasteiger partial charge in [0.1, 0.15) is 11.9 Å². The first-order valence-electron chi connectivity index (χ1n) is 10.3. The zero-order chi connectivity index (χ0) is 23.0. The number of carbonyl (C=O) groups excluding carboxylic acids is 2. The molecule has 0 fully saturated rings. The lowest BCUT2D eigenvalue weighted by Crippen LogP contribution is -2.48. The van der Waals surface area contributed by atoms with Crippen LogP contribution in [0.15, 0.2) is 42.5 Å². The second-order valence-electron chi connectivity index (χ2n) is 7.96. The molecule has 168 valence electrons. The highest BCUT2D eigenvalue weighted by Gasteiger charge is 2.26. The molecule has 0 aliphatic carbocycles. The van der Waals surface area contributed by atoms with Crippen molar-refractivity contribution in [3.63, 3.8) is 0 Å². The van der Waals surface area contributed by atoms with E-state index in [-0.39, 0.29) is 29.1 Å². The molecule has 2 rings (SSSR count). The fourth-order valence-electron chi connectivity index (χ4n) is 3.00. The van der Waals surface area contributed by atoms with E-state index in [1.54, 1.807) is 24.0 Å². The van der Waals surface area contributed by atoms with E-state index in [0.29, 0.717) is 29.6 Å². The minimum atomic E-state index is -0.622. The molecule has 31 heavy (non-hydrogen) atoms. The molecule has 7 heteroatoms. The van der Waals surface area contributed by atoms with Gasteiger partial charge in [-0.3, -0.25) is 9.59 Å². The summed E-state index contributed by atoms with van der Waals surface area (Å²) in [7, 11) is 0. The largest absolute Gasteiger partial charge is 0.354 e. The van der Waals surface area contributed by atoms with E-state index in [0.717, 1.165) is 11.1 Å². The quantitative estimate of drug-likeness (QED) is 0.525. The third kappa shape index (κ3) is 7.54. The van der Waals surface area contributed by atoms with E-state index >= 15 is 0 Å². The Morgan fingerprint density at radius 2 is 1.84 bits per heavy atom. The Morgan fingerprint density at radius 1 is 1.13 bits per heavy atom. The number of aryl methyl sites for hydroxylation is 1. The number of amides is 2. The highest BCUT2D eigenvalue weighted by Crippen LogP contribution is 2.24. The summed E-state index contributed by atoms with van der Waals surface area (Å²) in [5, 5.41) is 3.25. The Kier molecular flexibility index (Phi) is 9.85. The van der Waals surface area contributed by atoms with E-state index in [4.69, 9.17) is 11.6 Å². The predicted molar refractivity (Wildman–Crippen MR) is 127 cm³/mol. The normalized spacial score (nSPS) is 12.0. The average Bonchev–Trinajstić information content (AvgIpc) is 2.72. The Hall–Kier alpha value is -2.05. The van der Waals surface area contributed by atoms with Crippen molar-refractivity contribution >= 4 is 35.2 Å². The topological polar surface area (TPSA) is 49.4 Å². The predicted octanol–water partition coefficient (Wildman–Crippen LogP) is 5.21. The van der Waals surface area contributed by atoms with E-state index in [9.17, 15) is 14.0 Å². The van der Waals surface area contributed by atoms with Crippen molar-refractivity contribution in [1.82, 2.24) is 10.2 Å². The molecule has 1 N–H and O–H groups in total.